The van der Waals surface area contributed by atoms with Crippen molar-refractivity contribution in [3.8, 4) is 17.0 Å². The fraction of sp³-hybridized carbons (Fsp3) is 0.389. The number of H-pyrrole nitrogens is 1. The zero-order chi connectivity index (χ0) is 17.1. The predicted octanol–water partition coefficient (Wildman–Crippen LogP) is 2.32. The molecule has 1 aromatic carbocycles. The summed E-state index contributed by atoms with van der Waals surface area (Å²) >= 11 is 0. The number of nitrogens with one attached hydrogen (secondary N) is 1. The second kappa shape index (κ2) is 6.86. The summed E-state index contributed by atoms with van der Waals surface area (Å²) in [6, 6.07) is 8.87. The first-order chi connectivity index (χ1) is 11.6. The van der Waals surface area contributed by atoms with Gasteiger partial charge in [-0.15, -0.1) is 0 Å². The average molecular weight is 327 g/mol. The van der Waals surface area contributed by atoms with E-state index in [0.717, 1.165) is 37.2 Å². The van der Waals surface area contributed by atoms with Crippen molar-refractivity contribution < 1.29 is 9.53 Å². The summed E-state index contributed by atoms with van der Waals surface area (Å²) in [7, 11) is 1.59. The maximum Gasteiger partial charge on any atom is 0.346 e. The predicted molar refractivity (Wildman–Crippen MR) is 91.1 cm³/mol. The van der Waals surface area contributed by atoms with Crippen LogP contribution in [0, 0.1) is 5.92 Å². The van der Waals surface area contributed by atoms with Gasteiger partial charge < -0.3 is 14.6 Å². The Bertz CT molecular complexity index is 775. The van der Waals surface area contributed by atoms with Crippen LogP contribution in [0.5, 0.6) is 5.75 Å². The van der Waals surface area contributed by atoms with Gasteiger partial charge in [-0.1, -0.05) is 6.92 Å². The van der Waals surface area contributed by atoms with Gasteiger partial charge >= 0.3 is 5.69 Å². The Labute approximate surface area is 140 Å². The minimum absolute atomic E-state index is 0.142. The summed E-state index contributed by atoms with van der Waals surface area (Å²) in [5.74, 6) is 1.22. The molecule has 2 heterocycles. The first-order valence-corrected chi connectivity index (χ1v) is 8.12. The molecule has 1 amide bonds. The maximum atomic E-state index is 12.7. The molecule has 0 radical (unpaired) electrons. The Hall–Kier alpha value is -2.63. The van der Waals surface area contributed by atoms with Gasteiger partial charge in [-0.3, -0.25) is 4.79 Å². The fourth-order valence-electron chi connectivity index (χ4n) is 2.86. The van der Waals surface area contributed by atoms with Crippen molar-refractivity contribution in [3.05, 3.63) is 46.5 Å². The highest BCUT2D eigenvalue weighted by molar-refractivity contribution is 5.93. The number of aromatic amines is 1. The Morgan fingerprint density at radius 2 is 1.92 bits per heavy atom. The molecule has 6 heteroatoms. The van der Waals surface area contributed by atoms with Crippen LogP contribution in [0.3, 0.4) is 0 Å². The lowest BCUT2D eigenvalue weighted by atomic mass is 9.99. The molecular formula is C18H21N3O3. The molecular weight excluding hydrogens is 306 g/mol. The number of hydrogen-bond acceptors (Lipinski definition) is 4. The van der Waals surface area contributed by atoms with E-state index in [0.29, 0.717) is 11.6 Å². The average Bonchev–Trinajstić information content (AvgIpc) is 2.61. The number of likely N-dealkylation sites (tertiary alicyclic amines) is 1. The molecule has 6 nitrogen and oxygen atoms in total. The largest absolute Gasteiger partial charge is 0.497 e. The number of benzene rings is 1. The van der Waals surface area contributed by atoms with Crippen molar-refractivity contribution in [1.82, 2.24) is 14.9 Å². The molecule has 24 heavy (non-hydrogen) atoms. The number of amides is 1. The monoisotopic (exact) mass is 327 g/mol. The lowest BCUT2D eigenvalue weighted by Crippen LogP contribution is -2.39. The Balaban J connectivity index is 1.88. The minimum atomic E-state index is -0.517. The zero-order valence-electron chi connectivity index (χ0n) is 13.9. The van der Waals surface area contributed by atoms with E-state index in [9.17, 15) is 9.59 Å². The number of piperidine rings is 1. The van der Waals surface area contributed by atoms with Crippen molar-refractivity contribution in [1.29, 1.82) is 0 Å². The van der Waals surface area contributed by atoms with E-state index < -0.39 is 5.69 Å². The van der Waals surface area contributed by atoms with Crippen LogP contribution in [-0.2, 0) is 0 Å². The summed E-state index contributed by atoms with van der Waals surface area (Å²) in [5, 5.41) is 0. The van der Waals surface area contributed by atoms with Gasteiger partial charge in [-0.2, -0.15) is 4.98 Å². The molecule has 0 saturated carbocycles. The minimum Gasteiger partial charge on any atom is -0.497 e. The molecule has 1 aromatic heterocycles. The van der Waals surface area contributed by atoms with E-state index in [1.54, 1.807) is 30.2 Å². The molecule has 3 rings (SSSR count). The summed E-state index contributed by atoms with van der Waals surface area (Å²) in [6.45, 7) is 3.64. The van der Waals surface area contributed by atoms with E-state index in [4.69, 9.17) is 4.74 Å². The Morgan fingerprint density at radius 1 is 1.25 bits per heavy atom. The van der Waals surface area contributed by atoms with Crippen molar-refractivity contribution in [2.75, 3.05) is 20.2 Å². The van der Waals surface area contributed by atoms with Crippen LogP contribution < -0.4 is 10.4 Å². The first kappa shape index (κ1) is 16.2. The molecule has 1 fully saturated rings. The standard InChI is InChI=1S/C18H21N3O3/c1-12-7-9-21(10-8-12)17(22)16-11-15(19-18(23)20-16)13-3-5-14(24-2)6-4-13/h3-6,11-12H,7-10H2,1-2H3,(H,19,20,23). The molecule has 1 N–H and O–H groups in total. The van der Waals surface area contributed by atoms with Gasteiger partial charge in [0.1, 0.15) is 11.4 Å². The number of aromatic nitrogens is 2. The molecule has 1 aliphatic heterocycles. The molecule has 0 aliphatic carbocycles. The summed E-state index contributed by atoms with van der Waals surface area (Å²) in [4.78, 5) is 32.9. The van der Waals surface area contributed by atoms with E-state index in [-0.39, 0.29) is 11.6 Å². The van der Waals surface area contributed by atoms with Crippen molar-refractivity contribution in [3.63, 3.8) is 0 Å². The third kappa shape index (κ3) is 3.48. The molecule has 1 saturated heterocycles. The summed E-state index contributed by atoms with van der Waals surface area (Å²) < 4.78 is 5.13. The number of carbonyl (C=O) groups excluding carboxylic acids is 1. The number of carbonyl (C=O) groups is 1. The maximum absolute atomic E-state index is 12.7. The van der Waals surface area contributed by atoms with Gasteiger partial charge in [0, 0.05) is 18.7 Å². The van der Waals surface area contributed by atoms with Crippen molar-refractivity contribution in [2.45, 2.75) is 19.8 Å². The van der Waals surface area contributed by atoms with E-state index in [1.165, 1.54) is 0 Å². The third-order valence-electron chi connectivity index (χ3n) is 4.43. The summed E-state index contributed by atoms with van der Waals surface area (Å²) in [6.07, 6.45) is 1.98. The van der Waals surface area contributed by atoms with Gasteiger partial charge in [-0.05, 0) is 49.1 Å². The third-order valence-corrected chi connectivity index (χ3v) is 4.43. The van der Waals surface area contributed by atoms with Crippen LogP contribution in [-0.4, -0.2) is 41.0 Å². The number of nitrogens with zero attached hydrogens (tertiary/aromatic N) is 2. The molecule has 0 spiro atoms. The van der Waals surface area contributed by atoms with Crippen LogP contribution in [0.15, 0.2) is 35.1 Å². The van der Waals surface area contributed by atoms with Gasteiger partial charge in [0.15, 0.2) is 0 Å². The Kier molecular flexibility index (Phi) is 4.64. The number of methoxy groups -OCH3 is 1. The van der Waals surface area contributed by atoms with Crippen molar-refractivity contribution >= 4 is 5.91 Å². The number of rotatable bonds is 3. The molecule has 0 bridgehead atoms. The van der Waals surface area contributed by atoms with Crippen LogP contribution in [0.2, 0.25) is 0 Å². The molecule has 126 valence electrons. The lowest BCUT2D eigenvalue weighted by molar-refractivity contribution is 0.0690. The normalized spacial score (nSPS) is 15.3. The van der Waals surface area contributed by atoms with Crippen LogP contribution in [0.1, 0.15) is 30.3 Å². The second-order valence-electron chi connectivity index (χ2n) is 6.19. The SMILES string of the molecule is COc1ccc(-c2cc(C(=O)N3CCC(C)CC3)[nH]c(=O)n2)cc1. The Morgan fingerprint density at radius 3 is 2.54 bits per heavy atom. The van der Waals surface area contributed by atoms with E-state index in [1.807, 2.05) is 12.1 Å². The van der Waals surface area contributed by atoms with Gasteiger partial charge in [0.25, 0.3) is 5.91 Å². The number of ether oxygens (including phenoxy) is 1. The van der Waals surface area contributed by atoms with Crippen LogP contribution >= 0.6 is 0 Å². The number of hydrogen-bond donors (Lipinski definition) is 1. The lowest BCUT2D eigenvalue weighted by Gasteiger charge is -2.30. The molecule has 0 atom stereocenters. The first-order valence-electron chi connectivity index (χ1n) is 8.12. The smallest absolute Gasteiger partial charge is 0.346 e. The quantitative estimate of drug-likeness (QED) is 0.939. The highest BCUT2D eigenvalue weighted by atomic mass is 16.5. The zero-order valence-corrected chi connectivity index (χ0v) is 13.9. The van der Waals surface area contributed by atoms with Gasteiger partial charge in [0.2, 0.25) is 0 Å². The fourth-order valence-corrected chi connectivity index (χ4v) is 2.86. The van der Waals surface area contributed by atoms with Crippen LogP contribution in [0.4, 0.5) is 0 Å². The van der Waals surface area contributed by atoms with E-state index in [2.05, 4.69) is 16.9 Å². The molecule has 0 unspecified atom stereocenters. The van der Waals surface area contributed by atoms with Gasteiger partial charge in [0.05, 0.1) is 12.8 Å². The molecule has 2 aromatic rings. The molecule has 1 aliphatic rings. The van der Waals surface area contributed by atoms with Gasteiger partial charge in [-0.25, -0.2) is 4.79 Å². The van der Waals surface area contributed by atoms with Crippen LogP contribution in [0.25, 0.3) is 11.3 Å². The highest BCUT2D eigenvalue weighted by Gasteiger charge is 2.22. The van der Waals surface area contributed by atoms with Crippen molar-refractivity contribution in [2.24, 2.45) is 5.92 Å². The topological polar surface area (TPSA) is 75.3 Å². The van der Waals surface area contributed by atoms with E-state index >= 15 is 0 Å². The summed E-state index contributed by atoms with van der Waals surface area (Å²) in [5.41, 5.74) is 1.02. The highest BCUT2D eigenvalue weighted by Crippen LogP contribution is 2.21. The second-order valence-corrected chi connectivity index (χ2v) is 6.19.